The zero-order chi connectivity index (χ0) is 20.5. The summed E-state index contributed by atoms with van der Waals surface area (Å²) < 4.78 is 10.6. The molecular formula is C21H21N3O5. The zero-order valence-corrected chi connectivity index (χ0v) is 16.2. The van der Waals surface area contributed by atoms with Crippen LogP contribution in [0.4, 0.5) is 10.5 Å². The summed E-state index contributed by atoms with van der Waals surface area (Å²) in [6, 6.07) is 9.76. The van der Waals surface area contributed by atoms with Crippen LogP contribution < -0.4 is 20.1 Å². The molecule has 0 atom stereocenters. The van der Waals surface area contributed by atoms with Gasteiger partial charge in [0.15, 0.2) is 11.5 Å². The summed E-state index contributed by atoms with van der Waals surface area (Å²) in [5.74, 6) is 0.886. The topological polar surface area (TPSA) is 97.0 Å². The van der Waals surface area contributed by atoms with Crippen molar-refractivity contribution in [3.8, 4) is 11.5 Å². The highest BCUT2D eigenvalue weighted by Crippen LogP contribution is 2.32. The molecular weight excluding hydrogens is 374 g/mol. The van der Waals surface area contributed by atoms with E-state index in [1.54, 1.807) is 18.2 Å². The van der Waals surface area contributed by atoms with Crippen LogP contribution in [-0.2, 0) is 6.54 Å². The summed E-state index contributed by atoms with van der Waals surface area (Å²) in [7, 11) is 0. The number of urea groups is 1. The third kappa shape index (κ3) is 3.73. The molecule has 0 saturated heterocycles. The minimum atomic E-state index is -0.418. The van der Waals surface area contributed by atoms with Crippen molar-refractivity contribution in [2.45, 2.75) is 20.4 Å². The van der Waals surface area contributed by atoms with Crippen molar-refractivity contribution in [2.24, 2.45) is 5.92 Å². The van der Waals surface area contributed by atoms with Crippen molar-refractivity contribution in [1.82, 2.24) is 10.2 Å². The molecule has 0 radical (unpaired) electrons. The first kappa shape index (κ1) is 18.8. The van der Waals surface area contributed by atoms with Crippen molar-refractivity contribution in [3.05, 3.63) is 53.1 Å². The van der Waals surface area contributed by atoms with Gasteiger partial charge in [0.25, 0.3) is 11.8 Å². The van der Waals surface area contributed by atoms with Gasteiger partial charge in [0.1, 0.15) is 0 Å². The Morgan fingerprint density at radius 2 is 1.79 bits per heavy atom. The van der Waals surface area contributed by atoms with Gasteiger partial charge in [0.05, 0.1) is 11.1 Å². The van der Waals surface area contributed by atoms with Crippen LogP contribution >= 0.6 is 0 Å². The van der Waals surface area contributed by atoms with Crippen molar-refractivity contribution < 1.29 is 23.9 Å². The number of rotatable bonds is 5. The standard InChI is InChI=1S/C21H21N3O5/c1-12(2)10-24-19(25)15-5-4-14(8-16(15)20(24)26)23-21(27)22-9-13-3-6-17-18(7-13)29-11-28-17/h3-8,12H,9-11H2,1-2H3,(H2,22,23,27). The monoisotopic (exact) mass is 395 g/mol. The lowest BCUT2D eigenvalue weighted by Crippen LogP contribution is -2.33. The summed E-state index contributed by atoms with van der Waals surface area (Å²) >= 11 is 0. The molecule has 2 aromatic rings. The van der Waals surface area contributed by atoms with E-state index in [2.05, 4.69) is 10.6 Å². The fraction of sp³-hybridized carbons (Fsp3) is 0.286. The minimum Gasteiger partial charge on any atom is -0.454 e. The van der Waals surface area contributed by atoms with Gasteiger partial charge in [0, 0.05) is 18.8 Å². The summed E-state index contributed by atoms with van der Waals surface area (Å²) in [6.45, 7) is 4.75. The number of nitrogens with one attached hydrogen (secondary N) is 2. The molecule has 0 fully saturated rings. The summed E-state index contributed by atoms with van der Waals surface area (Å²) in [5, 5.41) is 5.45. The molecule has 8 heteroatoms. The van der Waals surface area contributed by atoms with E-state index in [1.807, 2.05) is 26.0 Å². The van der Waals surface area contributed by atoms with Crippen LogP contribution in [0.1, 0.15) is 40.1 Å². The van der Waals surface area contributed by atoms with E-state index in [1.165, 1.54) is 11.0 Å². The number of ether oxygens (including phenoxy) is 2. The van der Waals surface area contributed by atoms with E-state index in [9.17, 15) is 14.4 Å². The van der Waals surface area contributed by atoms with Crippen molar-refractivity contribution in [3.63, 3.8) is 0 Å². The molecule has 29 heavy (non-hydrogen) atoms. The van der Waals surface area contributed by atoms with Gasteiger partial charge >= 0.3 is 6.03 Å². The third-order valence-electron chi connectivity index (χ3n) is 4.67. The Balaban J connectivity index is 1.39. The highest BCUT2D eigenvalue weighted by molar-refractivity contribution is 6.21. The molecule has 0 unspecified atom stereocenters. The maximum atomic E-state index is 12.5. The summed E-state index contributed by atoms with van der Waals surface area (Å²) in [5.41, 5.74) is 1.98. The largest absolute Gasteiger partial charge is 0.454 e. The first-order valence-electron chi connectivity index (χ1n) is 9.36. The van der Waals surface area contributed by atoms with Gasteiger partial charge in [-0.05, 0) is 41.8 Å². The van der Waals surface area contributed by atoms with Crippen LogP contribution in [0, 0.1) is 5.92 Å². The summed E-state index contributed by atoms with van der Waals surface area (Å²) in [6.07, 6.45) is 0. The second-order valence-electron chi connectivity index (χ2n) is 7.37. The van der Waals surface area contributed by atoms with E-state index in [0.29, 0.717) is 41.4 Å². The second-order valence-corrected chi connectivity index (χ2v) is 7.37. The van der Waals surface area contributed by atoms with Crippen molar-refractivity contribution in [2.75, 3.05) is 18.7 Å². The molecule has 4 rings (SSSR count). The normalized spacial score (nSPS) is 14.4. The van der Waals surface area contributed by atoms with Crippen LogP contribution in [0.5, 0.6) is 11.5 Å². The molecule has 2 N–H and O–H groups in total. The number of imide groups is 1. The van der Waals surface area contributed by atoms with Gasteiger partial charge < -0.3 is 20.1 Å². The molecule has 0 spiro atoms. The van der Waals surface area contributed by atoms with Crippen molar-refractivity contribution in [1.29, 1.82) is 0 Å². The number of carbonyl (C=O) groups excluding carboxylic acids is 3. The van der Waals surface area contributed by atoms with Gasteiger partial charge in [0.2, 0.25) is 6.79 Å². The predicted octanol–water partition coefficient (Wildman–Crippen LogP) is 2.99. The molecule has 0 bridgehead atoms. The molecule has 0 saturated carbocycles. The van der Waals surface area contributed by atoms with E-state index in [4.69, 9.17) is 9.47 Å². The van der Waals surface area contributed by atoms with Crippen LogP contribution in [0.3, 0.4) is 0 Å². The molecule has 2 aliphatic rings. The van der Waals surface area contributed by atoms with E-state index >= 15 is 0 Å². The lowest BCUT2D eigenvalue weighted by atomic mass is 10.1. The molecule has 8 nitrogen and oxygen atoms in total. The molecule has 0 aromatic heterocycles. The fourth-order valence-electron chi connectivity index (χ4n) is 3.31. The average Bonchev–Trinajstić information content (AvgIpc) is 3.24. The Morgan fingerprint density at radius 1 is 1.03 bits per heavy atom. The Kier molecular flexibility index (Phi) is 4.84. The quantitative estimate of drug-likeness (QED) is 0.759. The van der Waals surface area contributed by atoms with Crippen LogP contribution in [0.15, 0.2) is 36.4 Å². The predicted molar refractivity (Wildman–Crippen MR) is 105 cm³/mol. The highest BCUT2D eigenvalue weighted by Gasteiger charge is 2.35. The number of hydrogen-bond acceptors (Lipinski definition) is 5. The Hall–Kier alpha value is -3.55. The van der Waals surface area contributed by atoms with Gasteiger partial charge in [-0.15, -0.1) is 0 Å². The number of hydrogen-bond donors (Lipinski definition) is 2. The van der Waals surface area contributed by atoms with Crippen molar-refractivity contribution >= 4 is 23.5 Å². The maximum Gasteiger partial charge on any atom is 0.319 e. The minimum absolute atomic E-state index is 0.178. The average molecular weight is 395 g/mol. The number of fused-ring (bicyclic) bond motifs is 2. The third-order valence-corrected chi connectivity index (χ3v) is 4.67. The van der Waals surface area contributed by atoms with Gasteiger partial charge in [-0.1, -0.05) is 19.9 Å². The lowest BCUT2D eigenvalue weighted by molar-refractivity contribution is 0.0636. The van der Waals surface area contributed by atoms with E-state index in [0.717, 1.165) is 5.56 Å². The highest BCUT2D eigenvalue weighted by atomic mass is 16.7. The smallest absolute Gasteiger partial charge is 0.319 e. The maximum absolute atomic E-state index is 12.5. The van der Waals surface area contributed by atoms with Crippen LogP contribution in [0.25, 0.3) is 0 Å². The van der Waals surface area contributed by atoms with Gasteiger partial charge in [-0.2, -0.15) is 0 Å². The second kappa shape index (κ2) is 7.46. The SMILES string of the molecule is CC(C)CN1C(=O)c2ccc(NC(=O)NCc3ccc4c(c3)OCO4)cc2C1=O. The lowest BCUT2D eigenvalue weighted by Gasteiger charge is -2.15. The number of nitrogens with zero attached hydrogens (tertiary/aromatic N) is 1. The van der Waals surface area contributed by atoms with E-state index in [-0.39, 0.29) is 24.5 Å². The Bertz CT molecular complexity index is 1000. The zero-order valence-electron chi connectivity index (χ0n) is 16.2. The molecule has 2 aliphatic heterocycles. The van der Waals surface area contributed by atoms with Gasteiger partial charge in [-0.3, -0.25) is 14.5 Å². The molecule has 0 aliphatic carbocycles. The summed E-state index contributed by atoms with van der Waals surface area (Å²) in [4.78, 5) is 38.4. The number of amides is 4. The Labute approximate surface area is 167 Å². The number of benzene rings is 2. The fourth-order valence-corrected chi connectivity index (χ4v) is 3.31. The Morgan fingerprint density at radius 3 is 2.59 bits per heavy atom. The van der Waals surface area contributed by atoms with E-state index < -0.39 is 6.03 Å². The first-order chi connectivity index (χ1) is 13.9. The number of anilines is 1. The van der Waals surface area contributed by atoms with Crippen LogP contribution in [0.2, 0.25) is 0 Å². The molecule has 150 valence electrons. The molecule has 2 aromatic carbocycles. The first-order valence-corrected chi connectivity index (χ1v) is 9.36. The molecule has 2 heterocycles. The molecule has 4 amide bonds. The number of carbonyl (C=O) groups is 3. The van der Waals surface area contributed by atoms with Crippen LogP contribution in [-0.4, -0.2) is 36.1 Å². The van der Waals surface area contributed by atoms with Gasteiger partial charge in [-0.25, -0.2) is 4.79 Å².